The van der Waals surface area contributed by atoms with E-state index in [0.717, 1.165) is 0 Å². The van der Waals surface area contributed by atoms with Crippen LogP contribution in [0.4, 0.5) is 0 Å². The van der Waals surface area contributed by atoms with Gasteiger partial charge in [0.1, 0.15) is 0 Å². The average molecular weight is 334 g/mol. The Hall–Kier alpha value is -2.20. The van der Waals surface area contributed by atoms with Crippen LogP contribution in [0, 0.1) is 0 Å². The van der Waals surface area contributed by atoms with Gasteiger partial charge in [0.2, 0.25) is 0 Å². The first-order chi connectivity index (χ1) is 11.1. The van der Waals surface area contributed by atoms with Crippen LogP contribution in [-0.4, -0.2) is 26.7 Å². The lowest BCUT2D eigenvalue weighted by molar-refractivity contribution is 0.0951. The van der Waals surface area contributed by atoms with E-state index in [1.807, 2.05) is 30.3 Å². The van der Waals surface area contributed by atoms with Crippen molar-refractivity contribution in [2.24, 2.45) is 0 Å². The second kappa shape index (κ2) is 7.88. The minimum Gasteiger partial charge on any atom is -0.493 e. The summed E-state index contributed by atoms with van der Waals surface area (Å²) >= 11 is 6.13. The van der Waals surface area contributed by atoms with Gasteiger partial charge in [-0.05, 0) is 23.6 Å². The van der Waals surface area contributed by atoms with Crippen LogP contribution in [0.2, 0.25) is 5.02 Å². The summed E-state index contributed by atoms with van der Waals surface area (Å²) in [6, 6.07) is 13.2. The highest BCUT2D eigenvalue weighted by Gasteiger charge is 2.16. The summed E-state index contributed by atoms with van der Waals surface area (Å²) < 4.78 is 10.4. The maximum atomic E-state index is 12.3. The Labute approximate surface area is 141 Å². The van der Waals surface area contributed by atoms with E-state index < -0.39 is 0 Å². The molecule has 1 amide bonds. The number of halogens is 1. The molecule has 0 spiro atoms. The van der Waals surface area contributed by atoms with Crippen LogP contribution in [0.25, 0.3) is 0 Å². The fourth-order valence-electron chi connectivity index (χ4n) is 2.30. The molecule has 23 heavy (non-hydrogen) atoms. The minimum absolute atomic E-state index is 0.198. The third-order valence-corrected chi connectivity index (χ3v) is 3.91. The van der Waals surface area contributed by atoms with Crippen LogP contribution in [0.3, 0.4) is 0 Å². The monoisotopic (exact) mass is 333 g/mol. The lowest BCUT2D eigenvalue weighted by atomic mass is 10.0. The maximum absolute atomic E-state index is 12.3. The third-order valence-electron chi connectivity index (χ3n) is 3.63. The number of amides is 1. The molecule has 0 radical (unpaired) electrons. The summed E-state index contributed by atoms with van der Waals surface area (Å²) in [6.45, 7) is 2.60. The predicted octanol–water partition coefficient (Wildman–Crippen LogP) is 3.89. The van der Waals surface area contributed by atoms with Crippen molar-refractivity contribution < 1.29 is 14.3 Å². The molecule has 0 fully saturated rings. The highest BCUT2D eigenvalue weighted by Crippen LogP contribution is 2.35. The molecule has 0 aliphatic heterocycles. The Morgan fingerprint density at radius 2 is 1.87 bits per heavy atom. The SMILES string of the molecule is COc1cc(C(=O)NC[C@@H](C)c2ccccc2)cc(Cl)c1OC. The molecule has 0 aromatic heterocycles. The van der Waals surface area contributed by atoms with Gasteiger partial charge in [0, 0.05) is 12.1 Å². The van der Waals surface area contributed by atoms with Crippen LogP contribution in [0.5, 0.6) is 11.5 Å². The fraction of sp³-hybridized carbons (Fsp3) is 0.278. The highest BCUT2D eigenvalue weighted by molar-refractivity contribution is 6.32. The molecule has 0 aliphatic rings. The molecule has 2 aromatic carbocycles. The number of carbonyl (C=O) groups is 1. The number of nitrogens with one attached hydrogen (secondary N) is 1. The number of hydrogen-bond donors (Lipinski definition) is 1. The van der Waals surface area contributed by atoms with Gasteiger partial charge in [-0.1, -0.05) is 48.9 Å². The summed E-state index contributed by atoms with van der Waals surface area (Å²) in [5.41, 5.74) is 1.62. The summed E-state index contributed by atoms with van der Waals surface area (Å²) in [7, 11) is 3.01. The Bertz CT molecular complexity index is 673. The van der Waals surface area contributed by atoms with E-state index in [1.54, 1.807) is 12.1 Å². The smallest absolute Gasteiger partial charge is 0.251 e. The van der Waals surface area contributed by atoms with E-state index >= 15 is 0 Å². The van der Waals surface area contributed by atoms with Gasteiger partial charge in [-0.2, -0.15) is 0 Å². The maximum Gasteiger partial charge on any atom is 0.251 e. The second-order valence-corrected chi connectivity index (χ2v) is 5.62. The molecular weight excluding hydrogens is 314 g/mol. The Balaban J connectivity index is 2.08. The molecule has 2 aromatic rings. The van der Waals surface area contributed by atoms with Gasteiger partial charge in [0.25, 0.3) is 5.91 Å². The number of rotatable bonds is 6. The Kier molecular flexibility index (Phi) is 5.88. The van der Waals surface area contributed by atoms with Crippen molar-refractivity contribution in [3.05, 3.63) is 58.6 Å². The number of hydrogen-bond acceptors (Lipinski definition) is 3. The van der Waals surface area contributed by atoms with Crippen molar-refractivity contribution in [3.8, 4) is 11.5 Å². The van der Waals surface area contributed by atoms with Gasteiger partial charge in [0.05, 0.1) is 19.2 Å². The first-order valence-corrected chi connectivity index (χ1v) is 7.69. The van der Waals surface area contributed by atoms with E-state index in [0.29, 0.717) is 28.6 Å². The highest BCUT2D eigenvalue weighted by atomic mass is 35.5. The van der Waals surface area contributed by atoms with E-state index in [9.17, 15) is 4.79 Å². The zero-order chi connectivity index (χ0) is 16.8. The average Bonchev–Trinajstić information content (AvgIpc) is 2.59. The lowest BCUT2D eigenvalue weighted by Crippen LogP contribution is -2.27. The van der Waals surface area contributed by atoms with Crippen molar-refractivity contribution in [3.63, 3.8) is 0 Å². The molecule has 1 N–H and O–H groups in total. The largest absolute Gasteiger partial charge is 0.493 e. The predicted molar refractivity (Wildman–Crippen MR) is 91.7 cm³/mol. The normalized spacial score (nSPS) is 11.7. The van der Waals surface area contributed by atoms with E-state index in [4.69, 9.17) is 21.1 Å². The molecule has 0 unspecified atom stereocenters. The van der Waals surface area contributed by atoms with Crippen LogP contribution in [-0.2, 0) is 0 Å². The molecule has 5 heteroatoms. The van der Waals surface area contributed by atoms with Crippen molar-refractivity contribution in [1.82, 2.24) is 5.32 Å². The van der Waals surface area contributed by atoms with E-state index in [-0.39, 0.29) is 11.8 Å². The number of methoxy groups -OCH3 is 2. The third kappa shape index (κ3) is 4.17. The first kappa shape index (κ1) is 17.2. The van der Waals surface area contributed by atoms with Crippen LogP contribution >= 0.6 is 11.6 Å². The molecule has 0 bridgehead atoms. The molecule has 4 nitrogen and oxygen atoms in total. The summed E-state index contributed by atoms with van der Waals surface area (Å²) in [4.78, 5) is 12.3. The zero-order valence-corrected chi connectivity index (χ0v) is 14.2. The lowest BCUT2D eigenvalue weighted by Gasteiger charge is -2.14. The zero-order valence-electron chi connectivity index (χ0n) is 13.4. The van der Waals surface area contributed by atoms with Gasteiger partial charge in [-0.15, -0.1) is 0 Å². The Morgan fingerprint density at radius 3 is 2.48 bits per heavy atom. The van der Waals surface area contributed by atoms with Gasteiger partial charge < -0.3 is 14.8 Å². The number of carbonyl (C=O) groups excluding carboxylic acids is 1. The number of ether oxygens (including phenoxy) is 2. The standard InChI is InChI=1S/C18H20ClNO3/c1-12(13-7-5-4-6-8-13)11-20-18(21)14-9-15(19)17(23-3)16(10-14)22-2/h4-10,12H,11H2,1-3H3,(H,20,21)/t12-/m1/s1. The van der Waals surface area contributed by atoms with Crippen LogP contribution in [0.1, 0.15) is 28.8 Å². The summed E-state index contributed by atoms with van der Waals surface area (Å²) in [5.74, 6) is 0.871. The minimum atomic E-state index is -0.198. The van der Waals surface area contributed by atoms with E-state index in [2.05, 4.69) is 12.2 Å². The quantitative estimate of drug-likeness (QED) is 0.872. The van der Waals surface area contributed by atoms with Gasteiger partial charge in [-0.25, -0.2) is 0 Å². The Morgan fingerprint density at radius 1 is 1.17 bits per heavy atom. The molecule has 0 heterocycles. The molecule has 0 saturated carbocycles. The van der Waals surface area contributed by atoms with E-state index in [1.165, 1.54) is 19.8 Å². The van der Waals surface area contributed by atoms with Crippen LogP contribution < -0.4 is 14.8 Å². The first-order valence-electron chi connectivity index (χ1n) is 7.31. The fourth-order valence-corrected chi connectivity index (χ4v) is 2.58. The summed E-state index contributed by atoms with van der Waals surface area (Å²) in [5, 5.41) is 3.26. The van der Waals surface area contributed by atoms with Gasteiger partial charge >= 0.3 is 0 Å². The topological polar surface area (TPSA) is 47.6 Å². The molecular formula is C18H20ClNO3. The van der Waals surface area contributed by atoms with Crippen molar-refractivity contribution in [2.45, 2.75) is 12.8 Å². The van der Waals surface area contributed by atoms with Crippen molar-refractivity contribution in [2.75, 3.05) is 20.8 Å². The second-order valence-electron chi connectivity index (χ2n) is 5.22. The molecule has 2 rings (SSSR count). The van der Waals surface area contributed by atoms with Crippen molar-refractivity contribution in [1.29, 1.82) is 0 Å². The molecule has 0 aliphatic carbocycles. The molecule has 1 atom stereocenters. The molecule has 122 valence electrons. The van der Waals surface area contributed by atoms with Gasteiger partial charge in [-0.3, -0.25) is 4.79 Å². The summed E-state index contributed by atoms with van der Waals surface area (Å²) in [6.07, 6.45) is 0. The van der Waals surface area contributed by atoms with Crippen LogP contribution in [0.15, 0.2) is 42.5 Å². The van der Waals surface area contributed by atoms with Gasteiger partial charge in [0.15, 0.2) is 11.5 Å². The molecule has 0 saturated heterocycles. The van der Waals surface area contributed by atoms with Crippen molar-refractivity contribution >= 4 is 17.5 Å². The number of benzene rings is 2.